The molecule has 170 valence electrons. The Kier molecular flexibility index (Phi) is 10.1. The van der Waals surface area contributed by atoms with E-state index in [1.165, 1.54) is 0 Å². The number of morpholine rings is 1. The maximum atomic E-state index is 12.6. The summed E-state index contributed by atoms with van der Waals surface area (Å²) >= 11 is 6.46. The summed E-state index contributed by atoms with van der Waals surface area (Å²) < 4.78 is 11.4. The molecular formula is C24H32Cl2N2O3. The van der Waals surface area contributed by atoms with Gasteiger partial charge in [-0.3, -0.25) is 9.69 Å². The molecule has 31 heavy (non-hydrogen) atoms. The van der Waals surface area contributed by atoms with Gasteiger partial charge in [0.25, 0.3) is 5.91 Å². The van der Waals surface area contributed by atoms with Crippen LogP contribution in [-0.2, 0) is 9.53 Å². The summed E-state index contributed by atoms with van der Waals surface area (Å²) in [5.74, 6) is 0.960. The van der Waals surface area contributed by atoms with E-state index in [2.05, 4.69) is 36.2 Å². The summed E-state index contributed by atoms with van der Waals surface area (Å²) in [7, 11) is 0. The predicted octanol–water partition coefficient (Wildman–Crippen LogP) is 4.76. The van der Waals surface area contributed by atoms with Crippen LogP contribution in [0.15, 0.2) is 42.5 Å². The van der Waals surface area contributed by atoms with E-state index in [1.54, 1.807) is 0 Å². The molecule has 0 bridgehead atoms. The van der Waals surface area contributed by atoms with E-state index < -0.39 is 0 Å². The highest BCUT2D eigenvalue weighted by Gasteiger charge is 2.25. The largest absolute Gasteiger partial charge is 0.483 e. The smallest absolute Gasteiger partial charge is 0.258 e. The van der Waals surface area contributed by atoms with Gasteiger partial charge in [0.05, 0.1) is 19.3 Å². The number of nitrogens with one attached hydrogen (secondary N) is 1. The van der Waals surface area contributed by atoms with Crippen molar-refractivity contribution >= 4 is 29.9 Å². The van der Waals surface area contributed by atoms with Crippen LogP contribution >= 0.6 is 24.0 Å². The van der Waals surface area contributed by atoms with Gasteiger partial charge < -0.3 is 14.8 Å². The summed E-state index contributed by atoms with van der Waals surface area (Å²) in [6.07, 6.45) is 0. The van der Waals surface area contributed by atoms with Gasteiger partial charge in [-0.05, 0) is 41.7 Å². The van der Waals surface area contributed by atoms with E-state index in [0.717, 1.165) is 35.5 Å². The molecule has 0 aliphatic carbocycles. The first-order chi connectivity index (χ1) is 14.5. The minimum absolute atomic E-state index is 0. The van der Waals surface area contributed by atoms with E-state index in [-0.39, 0.29) is 31.0 Å². The third-order valence-corrected chi connectivity index (χ3v) is 5.74. The molecule has 1 aliphatic heterocycles. The fraction of sp³-hybridized carbons (Fsp3) is 0.458. The third kappa shape index (κ3) is 7.11. The first-order valence-electron chi connectivity index (χ1n) is 10.5. The van der Waals surface area contributed by atoms with E-state index >= 15 is 0 Å². The zero-order chi connectivity index (χ0) is 21.5. The van der Waals surface area contributed by atoms with Crippen LogP contribution in [0.4, 0.5) is 0 Å². The number of ether oxygens (including phenoxy) is 2. The molecule has 1 heterocycles. The first kappa shape index (κ1) is 25.5. The van der Waals surface area contributed by atoms with Crippen LogP contribution in [-0.4, -0.2) is 50.3 Å². The van der Waals surface area contributed by atoms with Crippen LogP contribution in [0.1, 0.15) is 42.5 Å². The number of nitrogens with zero attached hydrogens (tertiary/aromatic N) is 1. The van der Waals surface area contributed by atoms with E-state index in [1.807, 2.05) is 37.3 Å². The second-order valence-corrected chi connectivity index (χ2v) is 8.38. The van der Waals surface area contributed by atoms with Crippen molar-refractivity contribution in [3.63, 3.8) is 0 Å². The van der Waals surface area contributed by atoms with Crippen LogP contribution in [0.5, 0.6) is 5.75 Å². The van der Waals surface area contributed by atoms with E-state index in [4.69, 9.17) is 21.1 Å². The molecule has 1 unspecified atom stereocenters. The molecule has 7 heteroatoms. The number of carbonyl (C=O) groups excluding carboxylic acids is 1. The summed E-state index contributed by atoms with van der Waals surface area (Å²) in [6.45, 7) is 9.70. The molecule has 0 aromatic heterocycles. The predicted molar refractivity (Wildman–Crippen MR) is 128 cm³/mol. The van der Waals surface area contributed by atoms with Gasteiger partial charge in [0.15, 0.2) is 6.61 Å². The Labute approximate surface area is 196 Å². The van der Waals surface area contributed by atoms with Gasteiger partial charge in [-0.1, -0.05) is 55.8 Å². The van der Waals surface area contributed by atoms with Crippen molar-refractivity contribution in [2.75, 3.05) is 39.5 Å². The van der Waals surface area contributed by atoms with Crippen molar-refractivity contribution in [2.45, 2.75) is 32.7 Å². The lowest BCUT2D eigenvalue weighted by Crippen LogP contribution is -2.44. The Morgan fingerprint density at radius 2 is 1.87 bits per heavy atom. The zero-order valence-electron chi connectivity index (χ0n) is 18.4. The van der Waals surface area contributed by atoms with Crippen molar-refractivity contribution < 1.29 is 14.3 Å². The summed E-state index contributed by atoms with van der Waals surface area (Å²) in [5, 5.41) is 3.74. The molecule has 1 saturated heterocycles. The number of benzene rings is 2. The highest BCUT2D eigenvalue weighted by molar-refractivity contribution is 6.31. The standard InChI is InChI=1S/C24H31ClN2O3.ClH/c1-17(2)19-9-8-18(3)14-23(19)30-16-24(28)26-15-22(27-10-12-29-13-11-27)20-6-4-5-7-21(20)25;/h4-9,14,17,22H,10-13,15-16H2,1-3H3,(H,26,28);1H. The summed E-state index contributed by atoms with van der Waals surface area (Å²) in [5.41, 5.74) is 3.24. The third-order valence-electron chi connectivity index (χ3n) is 5.39. The van der Waals surface area contributed by atoms with Crippen molar-refractivity contribution in [1.82, 2.24) is 10.2 Å². The summed E-state index contributed by atoms with van der Waals surface area (Å²) in [6, 6.07) is 13.9. The first-order valence-corrected chi connectivity index (χ1v) is 10.9. The van der Waals surface area contributed by atoms with Crippen molar-refractivity contribution in [3.8, 4) is 5.75 Å². The maximum absolute atomic E-state index is 12.6. The van der Waals surface area contributed by atoms with Crippen molar-refractivity contribution in [3.05, 3.63) is 64.2 Å². The van der Waals surface area contributed by atoms with Crippen LogP contribution in [0, 0.1) is 6.92 Å². The Morgan fingerprint density at radius 1 is 1.16 bits per heavy atom. The number of aryl methyl sites for hydroxylation is 1. The molecular weight excluding hydrogens is 435 g/mol. The lowest BCUT2D eigenvalue weighted by molar-refractivity contribution is -0.123. The van der Waals surface area contributed by atoms with Crippen molar-refractivity contribution in [2.24, 2.45) is 0 Å². The number of halogens is 2. The second-order valence-electron chi connectivity index (χ2n) is 7.97. The van der Waals surface area contributed by atoms with Gasteiger partial charge in [-0.2, -0.15) is 0 Å². The fourth-order valence-electron chi connectivity index (χ4n) is 3.72. The number of hydrogen-bond donors (Lipinski definition) is 1. The maximum Gasteiger partial charge on any atom is 0.258 e. The second kappa shape index (κ2) is 12.3. The average Bonchev–Trinajstić information content (AvgIpc) is 2.74. The van der Waals surface area contributed by atoms with E-state index in [0.29, 0.717) is 30.7 Å². The van der Waals surface area contributed by atoms with Gasteiger partial charge in [-0.25, -0.2) is 0 Å². The topological polar surface area (TPSA) is 50.8 Å². The van der Waals surface area contributed by atoms with Crippen LogP contribution < -0.4 is 10.1 Å². The van der Waals surface area contributed by atoms with E-state index in [9.17, 15) is 4.79 Å². The molecule has 2 aromatic rings. The number of carbonyl (C=O) groups is 1. The lowest BCUT2D eigenvalue weighted by atomic mass is 10.0. The Hall–Kier alpha value is -1.79. The van der Waals surface area contributed by atoms with Gasteiger partial charge in [-0.15, -0.1) is 12.4 Å². The number of rotatable bonds is 8. The molecule has 0 spiro atoms. The average molecular weight is 467 g/mol. The van der Waals surface area contributed by atoms with Gasteiger partial charge in [0.2, 0.25) is 0 Å². The van der Waals surface area contributed by atoms with Gasteiger partial charge >= 0.3 is 0 Å². The number of hydrogen-bond acceptors (Lipinski definition) is 4. The molecule has 1 aliphatic rings. The number of amides is 1. The molecule has 5 nitrogen and oxygen atoms in total. The molecule has 1 amide bonds. The minimum Gasteiger partial charge on any atom is -0.483 e. The highest BCUT2D eigenvalue weighted by atomic mass is 35.5. The molecule has 1 atom stereocenters. The molecule has 0 saturated carbocycles. The van der Waals surface area contributed by atoms with Crippen LogP contribution in [0.2, 0.25) is 5.02 Å². The van der Waals surface area contributed by atoms with Crippen LogP contribution in [0.25, 0.3) is 0 Å². The molecule has 2 aromatic carbocycles. The lowest BCUT2D eigenvalue weighted by Gasteiger charge is -2.35. The van der Waals surface area contributed by atoms with Gasteiger partial charge in [0.1, 0.15) is 5.75 Å². The molecule has 0 radical (unpaired) electrons. The zero-order valence-corrected chi connectivity index (χ0v) is 20.0. The SMILES string of the molecule is Cc1ccc(C(C)C)c(OCC(=O)NCC(c2ccccc2Cl)N2CCOCC2)c1.Cl. The normalized spacial score (nSPS) is 15.3. The van der Waals surface area contributed by atoms with Crippen LogP contribution in [0.3, 0.4) is 0 Å². The minimum atomic E-state index is -0.142. The van der Waals surface area contributed by atoms with Crippen molar-refractivity contribution in [1.29, 1.82) is 0 Å². The monoisotopic (exact) mass is 466 g/mol. The fourth-order valence-corrected chi connectivity index (χ4v) is 3.98. The summed E-state index contributed by atoms with van der Waals surface area (Å²) in [4.78, 5) is 14.9. The molecule has 1 N–H and O–H groups in total. The Morgan fingerprint density at radius 3 is 2.55 bits per heavy atom. The van der Waals surface area contributed by atoms with Gasteiger partial charge in [0, 0.05) is 24.7 Å². The quantitative estimate of drug-likeness (QED) is 0.608. The highest BCUT2D eigenvalue weighted by Crippen LogP contribution is 2.29. The Balaban J connectivity index is 0.00000341. The molecule has 1 fully saturated rings. The Bertz CT molecular complexity index is 854. The molecule has 3 rings (SSSR count).